The SMILES string of the molecule is C=C1CC2C=Nc3cc(OCCCCCOc4cc5c(cc4OC)C(=O)N4CC(=C)C[C@H]4CN5C(=O)CCC(=O)[C@@H](NC(=O)CCOCCOCCN)C(C)C)c(C)cc3C(=O)N2C1. The van der Waals surface area contributed by atoms with Crippen LogP contribution in [0.4, 0.5) is 11.4 Å². The number of nitrogens with two attached hydrogens (primary N) is 1. The average molecular weight is 885 g/mol. The lowest BCUT2D eigenvalue weighted by atomic mass is 9.96. The van der Waals surface area contributed by atoms with Crippen molar-refractivity contribution in [1.29, 1.82) is 0 Å². The molecule has 3 N–H and O–H groups in total. The van der Waals surface area contributed by atoms with E-state index in [-0.39, 0.29) is 79.8 Å². The van der Waals surface area contributed by atoms with Crippen LogP contribution in [0.15, 0.2) is 53.6 Å². The molecular weight excluding hydrogens is 821 g/mol. The second-order valence-corrected chi connectivity index (χ2v) is 17.2. The van der Waals surface area contributed by atoms with Crippen LogP contribution in [-0.2, 0) is 23.9 Å². The van der Waals surface area contributed by atoms with Gasteiger partial charge in [-0.05, 0) is 62.6 Å². The molecule has 4 heterocycles. The van der Waals surface area contributed by atoms with Gasteiger partial charge in [0.05, 0.1) is 87.4 Å². The topological polar surface area (TPSA) is 192 Å². The van der Waals surface area contributed by atoms with Crippen LogP contribution in [0.25, 0.3) is 0 Å². The fraction of sp³-hybridized carbons (Fsp3) is 0.542. The predicted molar refractivity (Wildman–Crippen MR) is 243 cm³/mol. The number of ketones is 1. The van der Waals surface area contributed by atoms with Crippen molar-refractivity contribution in [2.45, 2.75) is 90.3 Å². The third-order valence-corrected chi connectivity index (χ3v) is 11.9. The predicted octanol–water partition coefficient (Wildman–Crippen LogP) is 5.11. The number of amides is 4. The highest BCUT2D eigenvalue weighted by atomic mass is 16.5. The molecule has 2 aromatic carbocycles. The molecule has 16 nitrogen and oxygen atoms in total. The molecule has 2 saturated heterocycles. The summed E-state index contributed by atoms with van der Waals surface area (Å²) in [5, 5.41) is 2.82. The number of rotatable bonds is 23. The first-order valence-electron chi connectivity index (χ1n) is 22.4. The van der Waals surface area contributed by atoms with E-state index in [0.717, 1.165) is 36.0 Å². The molecule has 346 valence electrons. The fourth-order valence-electron chi connectivity index (χ4n) is 8.51. The molecule has 2 fully saturated rings. The summed E-state index contributed by atoms with van der Waals surface area (Å²) in [5.41, 5.74) is 10.1. The number of aliphatic imine (C=N–C) groups is 1. The molecule has 16 heteroatoms. The molecule has 0 radical (unpaired) electrons. The van der Waals surface area contributed by atoms with Crippen molar-refractivity contribution in [3.63, 3.8) is 0 Å². The van der Waals surface area contributed by atoms with Crippen LogP contribution in [-0.4, -0.2) is 136 Å². The van der Waals surface area contributed by atoms with Gasteiger partial charge in [-0.3, -0.25) is 29.0 Å². The molecule has 0 saturated carbocycles. The highest BCUT2D eigenvalue weighted by Gasteiger charge is 2.40. The zero-order chi connectivity index (χ0) is 45.9. The number of carbonyl (C=O) groups excluding carboxylic acids is 5. The molecule has 0 bridgehead atoms. The summed E-state index contributed by atoms with van der Waals surface area (Å²) >= 11 is 0. The molecular formula is C48H64N6O10. The van der Waals surface area contributed by atoms with Crippen molar-refractivity contribution < 1.29 is 47.7 Å². The second kappa shape index (κ2) is 22.4. The van der Waals surface area contributed by atoms with E-state index in [0.29, 0.717) is 105 Å². The first kappa shape index (κ1) is 47.9. The molecule has 0 aromatic heterocycles. The van der Waals surface area contributed by atoms with Crippen molar-refractivity contribution in [2.75, 3.05) is 77.8 Å². The van der Waals surface area contributed by atoms with Crippen LogP contribution in [0.2, 0.25) is 0 Å². The summed E-state index contributed by atoms with van der Waals surface area (Å²) in [6, 6.07) is 5.86. The highest BCUT2D eigenvalue weighted by molar-refractivity contribution is 6.08. The number of aryl methyl sites for hydroxylation is 1. The van der Waals surface area contributed by atoms with Crippen molar-refractivity contribution in [2.24, 2.45) is 16.6 Å². The smallest absolute Gasteiger partial charge is 0.256 e. The molecule has 0 spiro atoms. The Balaban J connectivity index is 1.04. The molecule has 4 amide bonds. The minimum absolute atomic E-state index is 0.0414. The number of anilines is 1. The van der Waals surface area contributed by atoms with Gasteiger partial charge >= 0.3 is 0 Å². The Morgan fingerprint density at radius 1 is 0.812 bits per heavy atom. The number of Topliss-reactive ketones (excluding diaryl/α,β-unsaturated/α-hetero) is 1. The number of hydrogen-bond donors (Lipinski definition) is 2. The van der Waals surface area contributed by atoms with Gasteiger partial charge in [-0.15, -0.1) is 0 Å². The van der Waals surface area contributed by atoms with Crippen LogP contribution in [0.3, 0.4) is 0 Å². The van der Waals surface area contributed by atoms with Gasteiger partial charge < -0.3 is 49.4 Å². The zero-order valence-electron chi connectivity index (χ0n) is 37.8. The largest absolute Gasteiger partial charge is 0.493 e. The summed E-state index contributed by atoms with van der Waals surface area (Å²) < 4.78 is 28.8. The molecule has 4 aliphatic heterocycles. The van der Waals surface area contributed by atoms with E-state index in [2.05, 4.69) is 23.5 Å². The van der Waals surface area contributed by atoms with Gasteiger partial charge in [0.1, 0.15) is 5.75 Å². The first-order chi connectivity index (χ1) is 30.8. The van der Waals surface area contributed by atoms with Crippen molar-refractivity contribution in [3.8, 4) is 17.2 Å². The van der Waals surface area contributed by atoms with Gasteiger partial charge in [0, 0.05) is 63.8 Å². The molecule has 6 rings (SSSR count). The van der Waals surface area contributed by atoms with E-state index in [1.165, 1.54) is 7.11 Å². The van der Waals surface area contributed by atoms with Crippen molar-refractivity contribution in [3.05, 3.63) is 65.3 Å². The van der Waals surface area contributed by atoms with Crippen molar-refractivity contribution >= 4 is 47.0 Å². The Labute approximate surface area is 376 Å². The van der Waals surface area contributed by atoms with E-state index in [1.807, 2.05) is 44.0 Å². The van der Waals surface area contributed by atoms with Crippen LogP contribution < -0.4 is 30.2 Å². The molecule has 64 heavy (non-hydrogen) atoms. The lowest BCUT2D eigenvalue weighted by Gasteiger charge is -2.27. The minimum Gasteiger partial charge on any atom is -0.493 e. The van der Waals surface area contributed by atoms with Gasteiger partial charge in [0.2, 0.25) is 11.8 Å². The van der Waals surface area contributed by atoms with E-state index in [4.69, 9.17) is 29.4 Å². The Bertz CT molecular complexity index is 2120. The number of benzene rings is 2. The third-order valence-electron chi connectivity index (χ3n) is 11.9. The van der Waals surface area contributed by atoms with E-state index < -0.39 is 6.04 Å². The number of fused-ring (bicyclic) bond motifs is 4. The summed E-state index contributed by atoms with van der Waals surface area (Å²) in [5.74, 6) is 0.0427. The van der Waals surface area contributed by atoms with Crippen LogP contribution in [0.1, 0.15) is 91.5 Å². The number of carbonyl (C=O) groups is 5. The molecule has 1 unspecified atom stereocenters. The molecule has 0 aliphatic carbocycles. The van der Waals surface area contributed by atoms with E-state index in [9.17, 15) is 24.0 Å². The average Bonchev–Trinajstić information content (AvgIpc) is 3.78. The quantitative estimate of drug-likeness (QED) is 0.111. The van der Waals surface area contributed by atoms with Gasteiger partial charge in [-0.1, -0.05) is 38.2 Å². The Morgan fingerprint density at radius 2 is 1.50 bits per heavy atom. The van der Waals surface area contributed by atoms with Gasteiger partial charge in [0.25, 0.3) is 11.8 Å². The zero-order valence-corrected chi connectivity index (χ0v) is 37.8. The number of methoxy groups -OCH3 is 1. The monoisotopic (exact) mass is 884 g/mol. The maximum Gasteiger partial charge on any atom is 0.256 e. The normalized spacial score (nSPS) is 18.3. The Morgan fingerprint density at radius 3 is 2.22 bits per heavy atom. The first-order valence-corrected chi connectivity index (χ1v) is 22.4. The number of nitrogens with one attached hydrogen (secondary N) is 1. The molecule has 2 aromatic rings. The Hall–Kier alpha value is -5.58. The number of nitrogens with zero attached hydrogens (tertiary/aromatic N) is 4. The maximum absolute atomic E-state index is 14.2. The summed E-state index contributed by atoms with van der Waals surface area (Å²) in [4.78, 5) is 77.5. The third kappa shape index (κ3) is 11.8. The maximum atomic E-state index is 14.2. The lowest BCUT2D eigenvalue weighted by molar-refractivity contribution is -0.130. The Kier molecular flexibility index (Phi) is 16.7. The number of ether oxygens (including phenoxy) is 5. The van der Waals surface area contributed by atoms with Gasteiger partial charge in [-0.2, -0.15) is 0 Å². The summed E-state index contributed by atoms with van der Waals surface area (Å²) in [6.07, 6.45) is 5.19. The lowest BCUT2D eigenvalue weighted by Crippen LogP contribution is -2.45. The number of hydrogen-bond acceptors (Lipinski definition) is 12. The molecule has 3 atom stereocenters. The van der Waals surface area contributed by atoms with Gasteiger partial charge in [-0.25, -0.2) is 0 Å². The van der Waals surface area contributed by atoms with Crippen LogP contribution >= 0.6 is 0 Å². The fourth-order valence-corrected chi connectivity index (χ4v) is 8.51. The van der Waals surface area contributed by atoms with E-state index >= 15 is 0 Å². The van der Waals surface area contributed by atoms with Crippen LogP contribution in [0, 0.1) is 12.8 Å². The summed E-state index contributed by atoms with van der Waals surface area (Å²) in [7, 11) is 1.50. The van der Waals surface area contributed by atoms with E-state index in [1.54, 1.807) is 21.9 Å². The van der Waals surface area contributed by atoms with Crippen LogP contribution in [0.5, 0.6) is 17.2 Å². The molecule has 4 aliphatic rings. The second-order valence-electron chi connectivity index (χ2n) is 17.2. The summed E-state index contributed by atoms with van der Waals surface area (Å²) in [6.45, 7) is 17.5. The highest BCUT2D eigenvalue weighted by Crippen LogP contribution is 2.41. The van der Waals surface area contributed by atoms with Crippen molar-refractivity contribution in [1.82, 2.24) is 15.1 Å². The van der Waals surface area contributed by atoms with Gasteiger partial charge in [0.15, 0.2) is 17.3 Å². The number of unbranched alkanes of at least 4 members (excludes halogenated alkanes) is 2. The standard InChI is InChI=1S/C48H64N6O10/c1-30(2)46(51-44(56)12-16-61-18-19-62-17-13-49)40(55)10-11-45(57)54-29-35-21-32(4)28-53(35)48(59)37-23-42(60-6)43(25-39(37)54)64-15-9-7-8-14-63-41-24-38-36(22-33(41)5)47(58)52-27-31(3)20-34(52)26-50-38/h22-26,30,34-35,46H,3-4,7-21,27-29,49H2,1-2,5-6H3,(H,51,56)/t34?,35-,46-/m0/s1. The minimum atomic E-state index is -0.783.